The molecule has 2 aromatic rings. The zero-order chi connectivity index (χ0) is 19.2. The van der Waals surface area contributed by atoms with Crippen LogP contribution in [0.3, 0.4) is 0 Å². The topological polar surface area (TPSA) is 103 Å². The summed E-state index contributed by atoms with van der Waals surface area (Å²) in [4.78, 5) is 35.7. The summed E-state index contributed by atoms with van der Waals surface area (Å²) < 4.78 is 15.9. The highest BCUT2D eigenvalue weighted by Gasteiger charge is 2.27. The largest absolute Gasteiger partial charge is 0.485 e. The minimum Gasteiger partial charge on any atom is -0.485 e. The van der Waals surface area contributed by atoms with Gasteiger partial charge in [-0.2, -0.15) is 0 Å². The molecule has 0 bridgehead atoms. The van der Waals surface area contributed by atoms with E-state index in [1.54, 1.807) is 42.5 Å². The molecule has 27 heavy (non-hydrogen) atoms. The van der Waals surface area contributed by atoms with E-state index in [-0.39, 0.29) is 6.61 Å². The van der Waals surface area contributed by atoms with E-state index in [1.807, 2.05) is 13.0 Å². The quantitative estimate of drug-likeness (QED) is 0.618. The SMILES string of the molecule is Cc1cccc(C(=O)OCC(=O)NNC(=O)[C@@H]2COc3ccccc3O2)c1. The molecule has 0 aromatic heterocycles. The number of benzene rings is 2. The van der Waals surface area contributed by atoms with Gasteiger partial charge in [-0.3, -0.25) is 20.4 Å². The number of carbonyl (C=O) groups excluding carboxylic acids is 3. The monoisotopic (exact) mass is 370 g/mol. The Kier molecular flexibility index (Phi) is 5.55. The van der Waals surface area contributed by atoms with Crippen LogP contribution in [0.2, 0.25) is 0 Å². The minimum absolute atomic E-state index is 0.0149. The number of nitrogens with one attached hydrogen (secondary N) is 2. The van der Waals surface area contributed by atoms with Crippen LogP contribution in [0.4, 0.5) is 0 Å². The summed E-state index contributed by atoms with van der Waals surface area (Å²) in [5.41, 5.74) is 5.64. The van der Waals surface area contributed by atoms with Crippen molar-refractivity contribution in [2.24, 2.45) is 0 Å². The van der Waals surface area contributed by atoms with E-state index in [0.29, 0.717) is 17.1 Å². The lowest BCUT2D eigenvalue weighted by Crippen LogP contribution is -2.51. The molecule has 8 heteroatoms. The number of aryl methyl sites for hydroxylation is 1. The van der Waals surface area contributed by atoms with Gasteiger partial charge in [-0.25, -0.2) is 4.79 Å². The van der Waals surface area contributed by atoms with Crippen molar-refractivity contribution in [3.8, 4) is 11.5 Å². The fourth-order valence-electron chi connectivity index (χ4n) is 2.38. The van der Waals surface area contributed by atoms with E-state index in [4.69, 9.17) is 14.2 Å². The summed E-state index contributed by atoms with van der Waals surface area (Å²) in [6.07, 6.45) is -0.907. The van der Waals surface area contributed by atoms with E-state index in [1.165, 1.54) is 0 Å². The molecule has 0 unspecified atom stereocenters. The van der Waals surface area contributed by atoms with Crippen LogP contribution in [0.25, 0.3) is 0 Å². The van der Waals surface area contributed by atoms with E-state index in [9.17, 15) is 14.4 Å². The van der Waals surface area contributed by atoms with Crippen LogP contribution in [0.1, 0.15) is 15.9 Å². The zero-order valence-electron chi connectivity index (χ0n) is 14.6. The smallest absolute Gasteiger partial charge is 0.338 e. The lowest BCUT2D eigenvalue weighted by Gasteiger charge is -2.25. The second-order valence-corrected chi connectivity index (χ2v) is 5.85. The summed E-state index contributed by atoms with van der Waals surface area (Å²) >= 11 is 0. The Balaban J connectivity index is 1.43. The van der Waals surface area contributed by atoms with Crippen LogP contribution in [0.15, 0.2) is 48.5 Å². The summed E-state index contributed by atoms with van der Waals surface area (Å²) in [6.45, 7) is 1.33. The first kappa shape index (κ1) is 18.2. The fourth-order valence-corrected chi connectivity index (χ4v) is 2.38. The minimum atomic E-state index is -0.907. The molecule has 0 spiro atoms. The Morgan fingerprint density at radius 3 is 2.63 bits per heavy atom. The van der Waals surface area contributed by atoms with Crippen LogP contribution in [-0.4, -0.2) is 37.1 Å². The molecule has 3 rings (SSSR count). The molecule has 2 N–H and O–H groups in total. The number of hydrogen-bond acceptors (Lipinski definition) is 6. The highest BCUT2D eigenvalue weighted by Crippen LogP contribution is 2.30. The van der Waals surface area contributed by atoms with Gasteiger partial charge in [-0.1, -0.05) is 29.8 Å². The van der Waals surface area contributed by atoms with Crippen molar-refractivity contribution in [2.75, 3.05) is 13.2 Å². The second kappa shape index (κ2) is 8.22. The third kappa shape index (κ3) is 4.75. The number of hydrogen-bond donors (Lipinski definition) is 2. The molecule has 2 aromatic carbocycles. The summed E-state index contributed by atoms with van der Waals surface area (Å²) in [5, 5.41) is 0. The number of rotatable bonds is 4. The highest BCUT2D eigenvalue weighted by atomic mass is 16.6. The van der Waals surface area contributed by atoms with Crippen molar-refractivity contribution < 1.29 is 28.6 Å². The second-order valence-electron chi connectivity index (χ2n) is 5.85. The molecule has 0 fully saturated rings. The average Bonchev–Trinajstić information content (AvgIpc) is 2.69. The molecular weight excluding hydrogens is 352 g/mol. The maximum absolute atomic E-state index is 12.1. The van der Waals surface area contributed by atoms with Gasteiger partial charge in [0, 0.05) is 0 Å². The van der Waals surface area contributed by atoms with Crippen LogP contribution >= 0.6 is 0 Å². The fraction of sp³-hybridized carbons (Fsp3) is 0.211. The zero-order valence-corrected chi connectivity index (χ0v) is 14.6. The maximum Gasteiger partial charge on any atom is 0.338 e. The van der Waals surface area contributed by atoms with E-state index in [2.05, 4.69) is 10.9 Å². The van der Waals surface area contributed by atoms with Crippen LogP contribution in [-0.2, 0) is 14.3 Å². The van der Waals surface area contributed by atoms with Crippen LogP contribution in [0.5, 0.6) is 11.5 Å². The molecule has 2 amide bonds. The van der Waals surface area contributed by atoms with Crippen molar-refractivity contribution in [3.63, 3.8) is 0 Å². The summed E-state index contributed by atoms with van der Waals surface area (Å²) in [7, 11) is 0. The lowest BCUT2D eigenvalue weighted by molar-refractivity contribution is -0.135. The molecule has 8 nitrogen and oxygen atoms in total. The molecule has 0 saturated carbocycles. The highest BCUT2D eigenvalue weighted by molar-refractivity contribution is 5.92. The Labute approximate surface area is 155 Å². The maximum atomic E-state index is 12.1. The number of para-hydroxylation sites is 2. The van der Waals surface area contributed by atoms with Gasteiger partial charge >= 0.3 is 5.97 Å². The molecule has 0 aliphatic carbocycles. The third-order valence-electron chi connectivity index (χ3n) is 3.71. The van der Waals surface area contributed by atoms with Crippen molar-refractivity contribution in [2.45, 2.75) is 13.0 Å². The Hall–Kier alpha value is -3.55. The van der Waals surface area contributed by atoms with Gasteiger partial charge in [0.1, 0.15) is 6.61 Å². The summed E-state index contributed by atoms with van der Waals surface area (Å²) in [5.74, 6) is -0.888. The number of amides is 2. The normalized spacial score (nSPS) is 14.8. The third-order valence-corrected chi connectivity index (χ3v) is 3.71. The predicted molar refractivity (Wildman–Crippen MR) is 94.1 cm³/mol. The first-order valence-corrected chi connectivity index (χ1v) is 8.24. The average molecular weight is 370 g/mol. The standard InChI is InChI=1S/C19H18N2O6/c1-12-5-4-6-13(9-12)19(24)26-11-17(22)20-21-18(23)16-10-25-14-7-2-3-8-15(14)27-16/h2-9,16H,10-11H2,1H3,(H,20,22)(H,21,23)/t16-/m0/s1. The first-order chi connectivity index (χ1) is 13.0. The van der Waals surface area contributed by atoms with Crippen LogP contribution in [0, 0.1) is 6.92 Å². The number of ether oxygens (including phenoxy) is 3. The van der Waals surface area contributed by atoms with Gasteiger partial charge in [0.15, 0.2) is 18.1 Å². The predicted octanol–water partition coefficient (Wildman–Crippen LogP) is 1.14. The molecular formula is C19H18N2O6. The molecule has 1 atom stereocenters. The van der Waals surface area contributed by atoms with Crippen molar-refractivity contribution in [3.05, 3.63) is 59.7 Å². The van der Waals surface area contributed by atoms with Gasteiger partial charge in [0.25, 0.3) is 11.8 Å². The number of hydrazine groups is 1. The molecule has 1 aliphatic rings. The Morgan fingerprint density at radius 2 is 1.85 bits per heavy atom. The Morgan fingerprint density at radius 1 is 1.07 bits per heavy atom. The van der Waals surface area contributed by atoms with Crippen molar-refractivity contribution >= 4 is 17.8 Å². The molecule has 140 valence electrons. The van der Waals surface area contributed by atoms with Crippen LogP contribution < -0.4 is 20.3 Å². The lowest BCUT2D eigenvalue weighted by atomic mass is 10.1. The number of carbonyl (C=O) groups is 3. The molecule has 1 heterocycles. The molecule has 0 radical (unpaired) electrons. The number of fused-ring (bicyclic) bond motifs is 1. The van der Waals surface area contributed by atoms with Gasteiger partial charge in [-0.15, -0.1) is 0 Å². The Bertz CT molecular complexity index is 867. The van der Waals surface area contributed by atoms with Gasteiger partial charge < -0.3 is 14.2 Å². The van der Waals surface area contributed by atoms with Gasteiger partial charge in [0.2, 0.25) is 6.10 Å². The number of esters is 1. The van der Waals surface area contributed by atoms with Gasteiger partial charge in [-0.05, 0) is 31.2 Å². The molecule has 1 aliphatic heterocycles. The van der Waals surface area contributed by atoms with E-state index >= 15 is 0 Å². The van der Waals surface area contributed by atoms with Crippen molar-refractivity contribution in [1.29, 1.82) is 0 Å². The molecule has 0 saturated heterocycles. The summed E-state index contributed by atoms with van der Waals surface area (Å²) in [6, 6.07) is 13.8. The first-order valence-electron chi connectivity index (χ1n) is 8.24. The van der Waals surface area contributed by atoms with Gasteiger partial charge in [0.05, 0.1) is 5.56 Å². The van der Waals surface area contributed by atoms with Crippen molar-refractivity contribution in [1.82, 2.24) is 10.9 Å². The van der Waals surface area contributed by atoms with E-state index < -0.39 is 30.5 Å². The van der Waals surface area contributed by atoms with E-state index in [0.717, 1.165) is 5.56 Å².